The molecule has 0 bridgehead atoms. The number of ether oxygens (including phenoxy) is 1. The standard InChI is InChI=1S/C11H18O3/c12-10(13)11(5-1-7-14-8-11)6-4-9-2-3-9/h9H,1-8H2,(H,12,13). The topological polar surface area (TPSA) is 46.5 Å². The second kappa shape index (κ2) is 3.89. The van der Waals surface area contributed by atoms with E-state index >= 15 is 0 Å². The molecule has 80 valence electrons. The van der Waals surface area contributed by atoms with Crippen LogP contribution in [-0.4, -0.2) is 24.3 Å². The van der Waals surface area contributed by atoms with Crippen molar-refractivity contribution in [3.05, 3.63) is 0 Å². The summed E-state index contributed by atoms with van der Waals surface area (Å²) >= 11 is 0. The van der Waals surface area contributed by atoms with E-state index < -0.39 is 11.4 Å². The molecule has 0 aromatic heterocycles. The smallest absolute Gasteiger partial charge is 0.311 e. The van der Waals surface area contributed by atoms with Crippen molar-refractivity contribution in [2.75, 3.05) is 13.2 Å². The van der Waals surface area contributed by atoms with E-state index in [-0.39, 0.29) is 0 Å². The van der Waals surface area contributed by atoms with Crippen molar-refractivity contribution in [2.24, 2.45) is 11.3 Å². The van der Waals surface area contributed by atoms with Crippen molar-refractivity contribution in [1.29, 1.82) is 0 Å². The third kappa shape index (κ3) is 2.08. The Balaban J connectivity index is 1.92. The number of aliphatic carboxylic acids is 1. The molecule has 2 aliphatic rings. The summed E-state index contributed by atoms with van der Waals surface area (Å²) < 4.78 is 5.32. The number of rotatable bonds is 4. The van der Waals surface area contributed by atoms with Gasteiger partial charge in [-0.1, -0.05) is 12.8 Å². The van der Waals surface area contributed by atoms with Crippen LogP contribution in [0.4, 0.5) is 0 Å². The SMILES string of the molecule is O=C(O)C1(CCC2CC2)CCCOC1. The van der Waals surface area contributed by atoms with Gasteiger partial charge in [-0.05, 0) is 31.6 Å². The summed E-state index contributed by atoms with van der Waals surface area (Å²) in [5.41, 5.74) is -0.555. The fourth-order valence-corrected chi connectivity index (χ4v) is 2.21. The van der Waals surface area contributed by atoms with Crippen LogP contribution >= 0.6 is 0 Å². The molecule has 0 spiro atoms. The highest BCUT2D eigenvalue weighted by molar-refractivity contribution is 5.74. The molecule has 1 saturated carbocycles. The van der Waals surface area contributed by atoms with Gasteiger partial charge in [0.15, 0.2) is 0 Å². The molecule has 3 heteroatoms. The molecule has 0 radical (unpaired) electrons. The predicted octanol–water partition coefficient (Wildman–Crippen LogP) is 2.06. The second-order valence-electron chi connectivity index (χ2n) is 4.72. The molecule has 1 heterocycles. The number of carbonyl (C=O) groups is 1. The van der Waals surface area contributed by atoms with Gasteiger partial charge in [-0.25, -0.2) is 0 Å². The quantitative estimate of drug-likeness (QED) is 0.752. The lowest BCUT2D eigenvalue weighted by Crippen LogP contribution is -2.39. The maximum absolute atomic E-state index is 11.2. The molecule has 2 fully saturated rings. The largest absolute Gasteiger partial charge is 0.481 e. The van der Waals surface area contributed by atoms with E-state index in [1.54, 1.807) is 0 Å². The van der Waals surface area contributed by atoms with Crippen molar-refractivity contribution < 1.29 is 14.6 Å². The first-order valence-electron chi connectivity index (χ1n) is 5.54. The van der Waals surface area contributed by atoms with Crippen LogP contribution in [0.5, 0.6) is 0 Å². The molecule has 3 nitrogen and oxygen atoms in total. The fourth-order valence-electron chi connectivity index (χ4n) is 2.21. The Hall–Kier alpha value is -0.570. The molecule has 1 unspecified atom stereocenters. The van der Waals surface area contributed by atoms with Crippen molar-refractivity contribution in [2.45, 2.75) is 38.5 Å². The van der Waals surface area contributed by atoms with E-state index in [4.69, 9.17) is 4.74 Å². The average molecular weight is 198 g/mol. The summed E-state index contributed by atoms with van der Waals surface area (Å²) in [4.78, 5) is 11.2. The van der Waals surface area contributed by atoms with Gasteiger partial charge in [0, 0.05) is 6.61 Å². The molecule has 1 atom stereocenters. The number of carboxylic acids is 1. The lowest BCUT2D eigenvalue weighted by molar-refractivity contribution is -0.158. The van der Waals surface area contributed by atoms with E-state index in [2.05, 4.69) is 0 Å². The van der Waals surface area contributed by atoms with Crippen molar-refractivity contribution in [3.8, 4) is 0 Å². The monoisotopic (exact) mass is 198 g/mol. The predicted molar refractivity (Wildman–Crippen MR) is 52.1 cm³/mol. The van der Waals surface area contributed by atoms with Crippen LogP contribution in [0, 0.1) is 11.3 Å². The maximum Gasteiger partial charge on any atom is 0.311 e. The number of carboxylic acid groups (broad SMARTS) is 1. The third-order valence-electron chi connectivity index (χ3n) is 3.50. The van der Waals surface area contributed by atoms with E-state index in [9.17, 15) is 9.90 Å². The van der Waals surface area contributed by atoms with Gasteiger partial charge in [-0.15, -0.1) is 0 Å². The molecule has 1 saturated heterocycles. The summed E-state index contributed by atoms with van der Waals surface area (Å²) in [6.07, 6.45) is 6.20. The lowest BCUT2D eigenvalue weighted by atomic mass is 9.78. The molecule has 1 N–H and O–H groups in total. The highest BCUT2D eigenvalue weighted by atomic mass is 16.5. The molecule has 14 heavy (non-hydrogen) atoms. The number of hydrogen-bond acceptors (Lipinski definition) is 2. The second-order valence-corrected chi connectivity index (χ2v) is 4.72. The minimum Gasteiger partial charge on any atom is -0.481 e. The Labute approximate surface area is 84.4 Å². The Morgan fingerprint density at radius 3 is 2.79 bits per heavy atom. The molecular weight excluding hydrogens is 180 g/mol. The third-order valence-corrected chi connectivity index (χ3v) is 3.50. The first-order chi connectivity index (χ1) is 6.73. The van der Waals surface area contributed by atoms with Crippen molar-refractivity contribution >= 4 is 5.97 Å². The van der Waals surface area contributed by atoms with Crippen molar-refractivity contribution in [3.63, 3.8) is 0 Å². The van der Waals surface area contributed by atoms with Crippen LogP contribution in [0.25, 0.3) is 0 Å². The average Bonchev–Trinajstić information content (AvgIpc) is 2.99. The molecule has 1 aliphatic heterocycles. The highest BCUT2D eigenvalue weighted by Crippen LogP contribution is 2.40. The van der Waals surface area contributed by atoms with Gasteiger partial charge < -0.3 is 9.84 Å². The van der Waals surface area contributed by atoms with E-state index in [0.29, 0.717) is 6.61 Å². The van der Waals surface area contributed by atoms with Gasteiger partial charge in [-0.2, -0.15) is 0 Å². The first kappa shape index (κ1) is 9.97. The Morgan fingerprint density at radius 2 is 2.29 bits per heavy atom. The lowest BCUT2D eigenvalue weighted by Gasteiger charge is -2.33. The van der Waals surface area contributed by atoms with Crippen molar-refractivity contribution in [1.82, 2.24) is 0 Å². The molecule has 1 aliphatic carbocycles. The molecule has 0 amide bonds. The number of hydrogen-bond donors (Lipinski definition) is 1. The first-order valence-corrected chi connectivity index (χ1v) is 5.54. The minimum absolute atomic E-state index is 0.426. The van der Waals surface area contributed by atoms with Gasteiger partial charge in [-0.3, -0.25) is 4.79 Å². The zero-order valence-electron chi connectivity index (χ0n) is 8.50. The van der Waals surface area contributed by atoms with Gasteiger partial charge >= 0.3 is 5.97 Å². The Kier molecular flexibility index (Phi) is 2.77. The molecule has 0 aromatic carbocycles. The summed E-state index contributed by atoms with van der Waals surface area (Å²) in [5.74, 6) is 0.158. The zero-order chi connectivity index (χ0) is 10.0. The fraction of sp³-hybridized carbons (Fsp3) is 0.909. The summed E-state index contributed by atoms with van der Waals surface area (Å²) in [6.45, 7) is 1.16. The minimum atomic E-state index is -0.655. The normalized spacial score (nSPS) is 32.9. The van der Waals surface area contributed by atoms with Crippen LogP contribution in [0.1, 0.15) is 38.5 Å². The van der Waals surface area contributed by atoms with E-state index in [0.717, 1.165) is 38.2 Å². The van der Waals surface area contributed by atoms with Crippen LogP contribution in [0.2, 0.25) is 0 Å². The van der Waals surface area contributed by atoms with Crippen LogP contribution in [0.3, 0.4) is 0 Å². The Bertz CT molecular complexity index is 215. The van der Waals surface area contributed by atoms with E-state index in [1.807, 2.05) is 0 Å². The zero-order valence-corrected chi connectivity index (χ0v) is 8.50. The summed E-state index contributed by atoms with van der Waals surface area (Å²) in [7, 11) is 0. The van der Waals surface area contributed by atoms with Crippen LogP contribution in [-0.2, 0) is 9.53 Å². The highest BCUT2D eigenvalue weighted by Gasteiger charge is 2.41. The van der Waals surface area contributed by atoms with Crippen LogP contribution < -0.4 is 0 Å². The summed E-state index contributed by atoms with van der Waals surface area (Å²) in [6, 6.07) is 0. The van der Waals surface area contributed by atoms with E-state index in [1.165, 1.54) is 12.8 Å². The van der Waals surface area contributed by atoms with Gasteiger partial charge in [0.1, 0.15) is 0 Å². The van der Waals surface area contributed by atoms with Gasteiger partial charge in [0.05, 0.1) is 12.0 Å². The molecule has 2 rings (SSSR count). The van der Waals surface area contributed by atoms with Crippen LogP contribution in [0.15, 0.2) is 0 Å². The van der Waals surface area contributed by atoms with Gasteiger partial charge in [0.2, 0.25) is 0 Å². The summed E-state index contributed by atoms with van der Waals surface area (Å²) in [5, 5.41) is 9.24. The Morgan fingerprint density at radius 1 is 1.50 bits per heavy atom. The maximum atomic E-state index is 11.2. The van der Waals surface area contributed by atoms with Gasteiger partial charge in [0.25, 0.3) is 0 Å². The molecular formula is C11H18O3. The molecule has 0 aromatic rings.